The molecular formula is C10H14O3. The summed E-state index contributed by atoms with van der Waals surface area (Å²) >= 11 is 0. The first-order valence-corrected chi connectivity index (χ1v) is 4.72. The molecule has 2 rings (SSSR count). The molecule has 1 heterocycles. The monoisotopic (exact) mass is 182 g/mol. The maximum atomic E-state index is 11.4. The van der Waals surface area contributed by atoms with E-state index >= 15 is 0 Å². The van der Waals surface area contributed by atoms with Crippen LogP contribution in [0.3, 0.4) is 0 Å². The SMILES string of the molecule is C[C@@H]1C=C[C@@H]2[C@@H](CO)OC(=O)[C@@H]2C1. The van der Waals surface area contributed by atoms with Gasteiger partial charge < -0.3 is 9.84 Å². The topological polar surface area (TPSA) is 46.5 Å². The van der Waals surface area contributed by atoms with E-state index in [1.165, 1.54) is 0 Å². The van der Waals surface area contributed by atoms with Gasteiger partial charge in [-0.25, -0.2) is 0 Å². The van der Waals surface area contributed by atoms with E-state index in [-0.39, 0.29) is 30.5 Å². The van der Waals surface area contributed by atoms with Gasteiger partial charge >= 0.3 is 5.97 Å². The van der Waals surface area contributed by atoms with E-state index in [0.29, 0.717) is 5.92 Å². The van der Waals surface area contributed by atoms with Gasteiger partial charge in [-0.3, -0.25) is 4.79 Å². The van der Waals surface area contributed by atoms with Crippen LogP contribution in [0.5, 0.6) is 0 Å². The summed E-state index contributed by atoms with van der Waals surface area (Å²) < 4.78 is 5.07. The normalized spacial score (nSPS) is 43.1. The van der Waals surface area contributed by atoms with E-state index < -0.39 is 0 Å². The van der Waals surface area contributed by atoms with Crippen molar-refractivity contribution in [2.45, 2.75) is 19.4 Å². The van der Waals surface area contributed by atoms with Crippen LogP contribution < -0.4 is 0 Å². The summed E-state index contributed by atoms with van der Waals surface area (Å²) in [4.78, 5) is 11.4. The van der Waals surface area contributed by atoms with Gasteiger partial charge in [0.25, 0.3) is 0 Å². The van der Waals surface area contributed by atoms with Gasteiger partial charge in [-0.05, 0) is 12.3 Å². The molecule has 1 aliphatic carbocycles. The lowest BCUT2D eigenvalue weighted by molar-refractivity contribution is -0.145. The van der Waals surface area contributed by atoms with Gasteiger partial charge in [-0.1, -0.05) is 19.1 Å². The molecule has 0 radical (unpaired) electrons. The number of hydrogen-bond acceptors (Lipinski definition) is 3. The van der Waals surface area contributed by atoms with Crippen molar-refractivity contribution >= 4 is 5.97 Å². The Hall–Kier alpha value is -0.830. The summed E-state index contributed by atoms with van der Waals surface area (Å²) in [5.41, 5.74) is 0. The third-order valence-electron chi connectivity index (χ3n) is 2.93. The third kappa shape index (κ3) is 1.37. The number of rotatable bonds is 1. The molecule has 2 aliphatic rings. The first-order chi connectivity index (χ1) is 6.22. The highest BCUT2D eigenvalue weighted by molar-refractivity contribution is 5.76. The number of fused-ring (bicyclic) bond motifs is 1. The zero-order chi connectivity index (χ0) is 9.42. The maximum absolute atomic E-state index is 11.4. The number of carbonyl (C=O) groups excluding carboxylic acids is 1. The van der Waals surface area contributed by atoms with Crippen molar-refractivity contribution in [1.82, 2.24) is 0 Å². The Bertz CT molecular complexity index is 247. The molecule has 0 aromatic carbocycles. The van der Waals surface area contributed by atoms with E-state index in [1.54, 1.807) is 0 Å². The van der Waals surface area contributed by atoms with Crippen molar-refractivity contribution in [3.05, 3.63) is 12.2 Å². The lowest BCUT2D eigenvalue weighted by Gasteiger charge is -2.22. The quantitative estimate of drug-likeness (QED) is 0.480. The molecule has 0 unspecified atom stereocenters. The molecule has 1 saturated heterocycles. The highest BCUT2D eigenvalue weighted by Crippen LogP contribution is 2.37. The Morgan fingerprint density at radius 2 is 2.38 bits per heavy atom. The molecule has 4 atom stereocenters. The number of aliphatic hydroxyl groups is 1. The van der Waals surface area contributed by atoms with Crippen LogP contribution in [0.15, 0.2) is 12.2 Å². The average molecular weight is 182 g/mol. The lowest BCUT2D eigenvalue weighted by Crippen LogP contribution is -2.25. The maximum Gasteiger partial charge on any atom is 0.310 e. The molecule has 72 valence electrons. The Kier molecular flexibility index (Phi) is 2.12. The van der Waals surface area contributed by atoms with Crippen molar-refractivity contribution in [3.63, 3.8) is 0 Å². The fourth-order valence-corrected chi connectivity index (χ4v) is 2.20. The van der Waals surface area contributed by atoms with Crippen LogP contribution in [0.2, 0.25) is 0 Å². The first-order valence-electron chi connectivity index (χ1n) is 4.72. The van der Waals surface area contributed by atoms with Gasteiger partial charge in [0.1, 0.15) is 6.10 Å². The minimum Gasteiger partial charge on any atom is -0.459 e. The van der Waals surface area contributed by atoms with Crippen LogP contribution in [0.25, 0.3) is 0 Å². The number of carbonyl (C=O) groups is 1. The number of aliphatic hydroxyl groups excluding tert-OH is 1. The fraction of sp³-hybridized carbons (Fsp3) is 0.700. The number of esters is 1. The Morgan fingerprint density at radius 1 is 1.62 bits per heavy atom. The molecular weight excluding hydrogens is 168 g/mol. The van der Waals surface area contributed by atoms with Gasteiger partial charge in [0.2, 0.25) is 0 Å². The lowest BCUT2D eigenvalue weighted by atomic mass is 9.79. The average Bonchev–Trinajstić information content (AvgIpc) is 2.43. The molecule has 0 aromatic rings. The summed E-state index contributed by atoms with van der Waals surface area (Å²) in [6.45, 7) is 2.03. The summed E-state index contributed by atoms with van der Waals surface area (Å²) in [5.74, 6) is 0.400. The van der Waals surface area contributed by atoms with Crippen LogP contribution >= 0.6 is 0 Å². The number of hydrogen-bond donors (Lipinski definition) is 1. The van der Waals surface area contributed by atoms with Crippen molar-refractivity contribution in [1.29, 1.82) is 0 Å². The Labute approximate surface area is 77.4 Å². The minimum absolute atomic E-state index is 0.0165. The van der Waals surface area contributed by atoms with Gasteiger partial charge in [0.15, 0.2) is 0 Å². The molecule has 0 spiro atoms. The van der Waals surface area contributed by atoms with Gasteiger partial charge in [-0.15, -0.1) is 0 Å². The molecule has 1 N–H and O–H groups in total. The number of cyclic esters (lactones) is 1. The van der Waals surface area contributed by atoms with Crippen molar-refractivity contribution in [3.8, 4) is 0 Å². The van der Waals surface area contributed by atoms with E-state index in [4.69, 9.17) is 9.84 Å². The molecule has 0 saturated carbocycles. The molecule has 1 aliphatic heterocycles. The second-order valence-electron chi connectivity index (χ2n) is 3.94. The predicted octanol–water partition coefficient (Wildman–Crippen LogP) is 0.733. The Balaban J connectivity index is 2.20. The second kappa shape index (κ2) is 3.14. The molecule has 0 bridgehead atoms. The molecule has 1 fully saturated rings. The predicted molar refractivity (Wildman–Crippen MR) is 46.9 cm³/mol. The summed E-state index contributed by atoms with van der Waals surface area (Å²) in [5, 5.41) is 8.98. The zero-order valence-electron chi connectivity index (χ0n) is 7.64. The van der Waals surface area contributed by atoms with E-state index in [0.717, 1.165) is 6.42 Å². The molecule has 13 heavy (non-hydrogen) atoms. The third-order valence-corrected chi connectivity index (χ3v) is 2.93. The van der Waals surface area contributed by atoms with Gasteiger partial charge in [-0.2, -0.15) is 0 Å². The molecule has 3 heteroatoms. The molecule has 0 amide bonds. The van der Waals surface area contributed by atoms with Crippen molar-refractivity contribution < 1.29 is 14.6 Å². The Morgan fingerprint density at radius 3 is 3.08 bits per heavy atom. The van der Waals surface area contributed by atoms with Crippen LogP contribution in [0.1, 0.15) is 13.3 Å². The van der Waals surface area contributed by atoms with Gasteiger partial charge in [0, 0.05) is 5.92 Å². The largest absolute Gasteiger partial charge is 0.459 e. The fourth-order valence-electron chi connectivity index (χ4n) is 2.20. The van der Waals surface area contributed by atoms with E-state index in [2.05, 4.69) is 13.0 Å². The van der Waals surface area contributed by atoms with Crippen LogP contribution in [0, 0.1) is 17.8 Å². The second-order valence-corrected chi connectivity index (χ2v) is 3.94. The number of ether oxygens (including phenoxy) is 1. The zero-order valence-corrected chi connectivity index (χ0v) is 7.64. The highest BCUT2D eigenvalue weighted by Gasteiger charge is 2.44. The standard InChI is InChI=1S/C10H14O3/c1-6-2-3-7-8(4-6)10(12)13-9(7)5-11/h2-3,6-9,11H,4-5H2,1H3/t6-,7+,8-,9-/m1/s1. The van der Waals surface area contributed by atoms with Crippen LogP contribution in [-0.2, 0) is 9.53 Å². The van der Waals surface area contributed by atoms with Crippen LogP contribution in [0.4, 0.5) is 0 Å². The van der Waals surface area contributed by atoms with E-state index in [9.17, 15) is 4.79 Å². The highest BCUT2D eigenvalue weighted by atomic mass is 16.6. The number of allylic oxidation sites excluding steroid dienone is 1. The summed E-state index contributed by atoms with van der Waals surface area (Å²) in [6, 6.07) is 0. The summed E-state index contributed by atoms with van der Waals surface area (Å²) in [6.07, 6.45) is 4.67. The van der Waals surface area contributed by atoms with Crippen molar-refractivity contribution in [2.24, 2.45) is 17.8 Å². The molecule has 3 nitrogen and oxygen atoms in total. The van der Waals surface area contributed by atoms with E-state index in [1.807, 2.05) is 6.08 Å². The van der Waals surface area contributed by atoms with Crippen molar-refractivity contribution in [2.75, 3.05) is 6.61 Å². The van der Waals surface area contributed by atoms with Gasteiger partial charge in [0.05, 0.1) is 12.5 Å². The van der Waals surface area contributed by atoms with Crippen LogP contribution in [-0.4, -0.2) is 23.8 Å². The molecule has 0 aromatic heterocycles. The summed E-state index contributed by atoms with van der Waals surface area (Å²) in [7, 11) is 0. The first kappa shape index (κ1) is 8.75. The minimum atomic E-state index is -0.304. The smallest absolute Gasteiger partial charge is 0.310 e.